The van der Waals surface area contributed by atoms with E-state index in [1.54, 1.807) is 18.4 Å². The summed E-state index contributed by atoms with van der Waals surface area (Å²) in [5.74, 6) is 0.530. The molecule has 0 radical (unpaired) electrons. The van der Waals surface area contributed by atoms with E-state index in [9.17, 15) is 14.3 Å². The molecule has 5 nitrogen and oxygen atoms in total. The maximum absolute atomic E-state index is 11.1. The molecule has 0 fully saturated rings. The summed E-state index contributed by atoms with van der Waals surface area (Å²) in [5.41, 5.74) is 0.707. The fourth-order valence-corrected chi connectivity index (χ4v) is 2.80. The normalized spacial score (nSPS) is 14.2. The molecule has 18 heavy (non-hydrogen) atoms. The molecule has 2 unspecified atom stereocenters. The predicted octanol–water partition coefficient (Wildman–Crippen LogP) is 2.21. The van der Waals surface area contributed by atoms with E-state index in [1.165, 1.54) is 6.07 Å². The van der Waals surface area contributed by atoms with E-state index in [-0.39, 0.29) is 11.7 Å². The Labute approximate surface area is 117 Å². The minimum Gasteiger partial charge on any atom is -0.309 e. The molecule has 2 atom stereocenters. The van der Waals surface area contributed by atoms with Crippen LogP contribution in [0.15, 0.2) is 22.7 Å². The number of nitrogens with zero attached hydrogens (tertiary/aromatic N) is 1. The Hall–Kier alpha value is -0.790. The molecule has 1 aromatic carbocycles. The zero-order valence-corrected chi connectivity index (χ0v) is 12.6. The van der Waals surface area contributed by atoms with Gasteiger partial charge in [0.05, 0.1) is 4.92 Å². The Morgan fingerprint density at radius 1 is 1.56 bits per heavy atom. The van der Waals surface area contributed by atoms with Crippen LogP contribution < -0.4 is 5.32 Å². The third kappa shape index (κ3) is 4.83. The maximum Gasteiger partial charge on any atom is 0.273 e. The van der Waals surface area contributed by atoms with Crippen LogP contribution in [-0.2, 0) is 17.3 Å². The van der Waals surface area contributed by atoms with E-state index in [1.807, 2.05) is 6.92 Å². The second-order valence-corrected chi connectivity index (χ2v) is 6.45. The van der Waals surface area contributed by atoms with E-state index in [0.29, 0.717) is 17.9 Å². The molecule has 0 aromatic heterocycles. The first-order valence-corrected chi connectivity index (χ1v) is 7.88. The Bertz CT molecular complexity index is 468. The van der Waals surface area contributed by atoms with Crippen LogP contribution in [0.2, 0.25) is 0 Å². The second kappa shape index (κ2) is 6.96. The number of benzene rings is 1. The molecule has 7 heteroatoms. The summed E-state index contributed by atoms with van der Waals surface area (Å²) in [7, 11) is -0.878. The molecule has 0 amide bonds. The van der Waals surface area contributed by atoms with E-state index in [4.69, 9.17) is 0 Å². The summed E-state index contributed by atoms with van der Waals surface area (Å²) in [4.78, 5) is 10.5. The fraction of sp³-hybridized carbons (Fsp3) is 0.455. The van der Waals surface area contributed by atoms with E-state index < -0.39 is 15.7 Å². The smallest absolute Gasteiger partial charge is 0.273 e. The summed E-state index contributed by atoms with van der Waals surface area (Å²) in [6, 6.07) is 4.89. The van der Waals surface area contributed by atoms with Crippen molar-refractivity contribution in [3.63, 3.8) is 0 Å². The molecule has 0 heterocycles. The van der Waals surface area contributed by atoms with Gasteiger partial charge in [-0.05, 0) is 19.1 Å². The molecule has 1 N–H and O–H groups in total. The first-order valence-electron chi connectivity index (χ1n) is 5.36. The Balaban J connectivity index is 2.74. The van der Waals surface area contributed by atoms with Crippen molar-refractivity contribution in [2.24, 2.45) is 0 Å². The van der Waals surface area contributed by atoms with E-state index in [0.717, 1.165) is 4.47 Å². The van der Waals surface area contributed by atoms with Crippen LogP contribution >= 0.6 is 15.9 Å². The summed E-state index contributed by atoms with van der Waals surface area (Å²) in [6.45, 7) is 2.29. The highest BCUT2D eigenvalue weighted by atomic mass is 79.9. The van der Waals surface area contributed by atoms with Crippen molar-refractivity contribution < 1.29 is 9.13 Å². The van der Waals surface area contributed by atoms with Gasteiger partial charge in [-0.2, -0.15) is 0 Å². The molecule has 0 aliphatic heterocycles. The number of nitrogens with one attached hydrogen (secondary N) is 1. The summed E-state index contributed by atoms with van der Waals surface area (Å²) in [6.07, 6.45) is 1.64. The third-order valence-corrected chi connectivity index (χ3v) is 3.83. The van der Waals surface area contributed by atoms with Gasteiger partial charge >= 0.3 is 0 Å². The lowest BCUT2D eigenvalue weighted by molar-refractivity contribution is -0.385. The molecular weight excluding hydrogens is 320 g/mol. The quantitative estimate of drug-likeness (QED) is 0.639. The largest absolute Gasteiger partial charge is 0.309 e. The molecule has 0 spiro atoms. The molecule has 0 saturated heterocycles. The Morgan fingerprint density at radius 3 is 2.78 bits per heavy atom. The first kappa shape index (κ1) is 15.3. The molecule has 1 rings (SSSR count). The van der Waals surface area contributed by atoms with Crippen LogP contribution in [0.3, 0.4) is 0 Å². The topological polar surface area (TPSA) is 72.2 Å². The fourth-order valence-electron chi connectivity index (χ4n) is 1.57. The van der Waals surface area contributed by atoms with Gasteiger partial charge in [-0.3, -0.25) is 14.3 Å². The predicted molar refractivity (Wildman–Crippen MR) is 76.0 cm³/mol. The Kier molecular flexibility index (Phi) is 5.90. The van der Waals surface area contributed by atoms with E-state index >= 15 is 0 Å². The lowest BCUT2D eigenvalue weighted by Gasteiger charge is -2.12. The summed E-state index contributed by atoms with van der Waals surface area (Å²) in [5, 5.41) is 14.0. The SMILES string of the molecule is CC(CS(C)=O)NCc1cc(Br)ccc1[N+](=O)[O-]. The highest BCUT2D eigenvalue weighted by Gasteiger charge is 2.14. The molecule has 0 aliphatic rings. The zero-order chi connectivity index (χ0) is 13.7. The van der Waals surface area contributed by atoms with Gasteiger partial charge in [0.15, 0.2) is 0 Å². The molecular formula is C11H15BrN2O3S. The van der Waals surface area contributed by atoms with Gasteiger partial charge in [-0.1, -0.05) is 15.9 Å². The minimum atomic E-state index is -0.878. The minimum absolute atomic E-state index is 0.0504. The van der Waals surface area contributed by atoms with Crippen molar-refractivity contribution in [3.05, 3.63) is 38.3 Å². The standard InChI is InChI=1S/C11H15BrN2O3S/c1-8(7-18(2)17)13-6-9-5-10(12)3-4-11(9)14(15)16/h3-5,8,13H,6-7H2,1-2H3. The van der Waals surface area contributed by atoms with Crippen LogP contribution in [0.25, 0.3) is 0 Å². The van der Waals surface area contributed by atoms with Crippen molar-refractivity contribution >= 4 is 32.4 Å². The summed E-state index contributed by atoms with van der Waals surface area (Å²) >= 11 is 3.29. The average Bonchev–Trinajstić information content (AvgIpc) is 2.25. The monoisotopic (exact) mass is 334 g/mol. The van der Waals surface area contributed by atoms with Crippen LogP contribution in [0.5, 0.6) is 0 Å². The van der Waals surface area contributed by atoms with Gasteiger partial charge in [0, 0.05) is 51.5 Å². The number of nitro groups is 1. The highest BCUT2D eigenvalue weighted by molar-refractivity contribution is 9.10. The molecule has 0 saturated carbocycles. The highest BCUT2D eigenvalue weighted by Crippen LogP contribution is 2.22. The zero-order valence-electron chi connectivity index (χ0n) is 10.2. The Morgan fingerprint density at radius 2 is 2.22 bits per heavy atom. The number of halogens is 1. The van der Waals surface area contributed by atoms with Crippen molar-refractivity contribution in [2.45, 2.75) is 19.5 Å². The number of nitro benzene ring substituents is 1. The summed E-state index contributed by atoms with van der Waals surface area (Å²) < 4.78 is 11.9. The average molecular weight is 335 g/mol. The third-order valence-electron chi connectivity index (χ3n) is 2.36. The number of rotatable bonds is 6. The van der Waals surface area contributed by atoms with Crippen LogP contribution in [0, 0.1) is 10.1 Å². The number of hydrogen-bond donors (Lipinski definition) is 1. The lowest BCUT2D eigenvalue weighted by Crippen LogP contribution is -2.30. The van der Waals surface area contributed by atoms with Crippen LogP contribution in [-0.4, -0.2) is 27.2 Å². The van der Waals surface area contributed by atoms with Crippen molar-refractivity contribution in [1.82, 2.24) is 5.32 Å². The van der Waals surface area contributed by atoms with Gasteiger partial charge in [0.25, 0.3) is 5.69 Å². The number of hydrogen-bond acceptors (Lipinski definition) is 4. The van der Waals surface area contributed by atoms with Gasteiger partial charge in [0.1, 0.15) is 0 Å². The second-order valence-electron chi connectivity index (χ2n) is 4.05. The van der Waals surface area contributed by atoms with Gasteiger partial charge < -0.3 is 5.32 Å². The van der Waals surface area contributed by atoms with Crippen molar-refractivity contribution in [1.29, 1.82) is 0 Å². The van der Waals surface area contributed by atoms with E-state index in [2.05, 4.69) is 21.2 Å². The molecule has 0 bridgehead atoms. The van der Waals surface area contributed by atoms with Gasteiger partial charge in [0.2, 0.25) is 0 Å². The first-order chi connectivity index (χ1) is 8.40. The van der Waals surface area contributed by atoms with Gasteiger partial charge in [-0.15, -0.1) is 0 Å². The maximum atomic E-state index is 11.1. The van der Waals surface area contributed by atoms with Gasteiger partial charge in [-0.25, -0.2) is 0 Å². The van der Waals surface area contributed by atoms with Crippen LogP contribution in [0.1, 0.15) is 12.5 Å². The molecule has 100 valence electrons. The lowest BCUT2D eigenvalue weighted by atomic mass is 10.1. The molecule has 1 aromatic rings. The molecule has 0 aliphatic carbocycles. The van der Waals surface area contributed by atoms with Crippen LogP contribution in [0.4, 0.5) is 5.69 Å². The van der Waals surface area contributed by atoms with Crippen molar-refractivity contribution in [3.8, 4) is 0 Å². The van der Waals surface area contributed by atoms with Crippen molar-refractivity contribution in [2.75, 3.05) is 12.0 Å².